The summed E-state index contributed by atoms with van der Waals surface area (Å²) in [6.07, 6.45) is 3.27. The normalized spacial score (nSPS) is 11.3. The van der Waals surface area contributed by atoms with Crippen molar-refractivity contribution in [3.05, 3.63) is 100 Å². The lowest BCUT2D eigenvalue weighted by atomic mass is 10.0. The number of halogens is 2. The molecule has 4 aromatic rings. The van der Waals surface area contributed by atoms with Crippen LogP contribution in [0, 0.1) is 0 Å². The van der Waals surface area contributed by atoms with E-state index in [0.29, 0.717) is 22.9 Å². The van der Waals surface area contributed by atoms with Crippen LogP contribution in [0.5, 0.6) is 0 Å². The van der Waals surface area contributed by atoms with Gasteiger partial charge in [0.1, 0.15) is 6.54 Å². The molecule has 0 fully saturated rings. The number of hydrogen-bond acceptors (Lipinski definition) is 5. The SMILES string of the molecule is O=C(O)CN(c1ccc2c(C(=O)NCc3ccncc3)cccc2c1)S(=O)(=O)c1cc(Cl)cc(Cl)c1. The Morgan fingerprint density at radius 2 is 1.64 bits per heavy atom. The molecule has 1 heterocycles. The van der Waals surface area contributed by atoms with Crippen LogP contribution in [-0.4, -0.2) is 36.9 Å². The van der Waals surface area contributed by atoms with Crippen LogP contribution in [0.15, 0.2) is 84.0 Å². The quantitative estimate of drug-likeness (QED) is 0.331. The maximum atomic E-state index is 13.4. The molecule has 0 spiro atoms. The number of hydrogen-bond donors (Lipinski definition) is 2. The minimum absolute atomic E-state index is 0.0947. The largest absolute Gasteiger partial charge is 0.480 e. The first-order valence-corrected chi connectivity index (χ1v) is 12.8. The molecule has 0 radical (unpaired) electrons. The lowest BCUT2D eigenvalue weighted by Crippen LogP contribution is -2.35. The minimum Gasteiger partial charge on any atom is -0.480 e. The van der Waals surface area contributed by atoms with Gasteiger partial charge in [-0.3, -0.25) is 18.9 Å². The van der Waals surface area contributed by atoms with Gasteiger partial charge in [-0.25, -0.2) is 8.42 Å². The van der Waals surface area contributed by atoms with Crippen LogP contribution in [-0.2, 0) is 21.4 Å². The van der Waals surface area contributed by atoms with E-state index in [1.54, 1.807) is 48.8 Å². The summed E-state index contributed by atoms with van der Waals surface area (Å²) in [6.45, 7) is -0.521. The molecule has 3 aromatic carbocycles. The van der Waals surface area contributed by atoms with Crippen LogP contribution in [0.2, 0.25) is 10.0 Å². The number of carbonyl (C=O) groups excluding carboxylic acids is 1. The number of sulfonamides is 1. The molecule has 11 heteroatoms. The van der Waals surface area contributed by atoms with Crippen molar-refractivity contribution in [2.75, 3.05) is 10.8 Å². The number of nitrogens with one attached hydrogen (secondary N) is 1. The summed E-state index contributed by atoms with van der Waals surface area (Å²) < 4.78 is 27.5. The van der Waals surface area contributed by atoms with Crippen LogP contribution in [0.25, 0.3) is 10.8 Å². The van der Waals surface area contributed by atoms with Crippen LogP contribution >= 0.6 is 23.2 Å². The van der Waals surface area contributed by atoms with Crippen LogP contribution < -0.4 is 9.62 Å². The molecule has 0 saturated heterocycles. The molecule has 0 atom stereocenters. The fourth-order valence-corrected chi connectivity index (χ4v) is 5.78. The van der Waals surface area contributed by atoms with E-state index >= 15 is 0 Å². The van der Waals surface area contributed by atoms with Gasteiger partial charge in [0.05, 0.1) is 10.6 Å². The Bertz CT molecular complexity index is 1540. The van der Waals surface area contributed by atoms with Gasteiger partial charge < -0.3 is 10.4 Å². The van der Waals surface area contributed by atoms with Crippen LogP contribution in [0.3, 0.4) is 0 Å². The highest BCUT2D eigenvalue weighted by atomic mass is 35.5. The molecule has 4 rings (SSSR count). The summed E-state index contributed by atoms with van der Waals surface area (Å²) >= 11 is 12.0. The fraction of sp³-hybridized carbons (Fsp3) is 0.0800. The van der Waals surface area contributed by atoms with Crippen molar-refractivity contribution in [2.24, 2.45) is 0 Å². The molecule has 1 amide bonds. The first kappa shape index (κ1) is 25.4. The van der Waals surface area contributed by atoms with Crippen molar-refractivity contribution in [2.45, 2.75) is 11.4 Å². The lowest BCUT2D eigenvalue weighted by molar-refractivity contribution is -0.135. The average molecular weight is 544 g/mol. The first-order valence-electron chi connectivity index (χ1n) is 10.6. The van der Waals surface area contributed by atoms with Crippen LogP contribution in [0.1, 0.15) is 15.9 Å². The van der Waals surface area contributed by atoms with E-state index in [1.807, 2.05) is 0 Å². The number of amides is 1. The number of aromatic nitrogens is 1. The van der Waals surface area contributed by atoms with Gasteiger partial charge in [-0.15, -0.1) is 0 Å². The summed E-state index contributed by atoms with van der Waals surface area (Å²) in [4.78, 5) is 28.1. The second-order valence-corrected chi connectivity index (χ2v) is 10.5. The Kier molecular flexibility index (Phi) is 7.44. The fourth-order valence-electron chi connectivity index (χ4n) is 3.65. The second kappa shape index (κ2) is 10.5. The minimum atomic E-state index is -4.33. The number of carboxylic acids is 1. The van der Waals surface area contributed by atoms with Crippen molar-refractivity contribution < 1.29 is 23.1 Å². The monoisotopic (exact) mass is 543 g/mol. The molecule has 0 bridgehead atoms. The number of aliphatic carboxylic acids is 1. The van der Waals surface area contributed by atoms with Gasteiger partial charge in [-0.1, -0.05) is 41.4 Å². The molecule has 184 valence electrons. The molecule has 0 aliphatic carbocycles. The van der Waals surface area contributed by atoms with E-state index in [-0.39, 0.29) is 26.5 Å². The third-order valence-electron chi connectivity index (χ3n) is 5.30. The second-order valence-electron chi connectivity index (χ2n) is 7.76. The van der Waals surface area contributed by atoms with Gasteiger partial charge in [-0.05, 0) is 64.9 Å². The van der Waals surface area contributed by atoms with Crippen molar-refractivity contribution in [1.82, 2.24) is 10.3 Å². The average Bonchev–Trinajstić information content (AvgIpc) is 2.85. The number of carbonyl (C=O) groups is 2. The number of benzene rings is 3. The number of anilines is 1. The first-order chi connectivity index (χ1) is 17.1. The Morgan fingerprint density at radius 1 is 0.944 bits per heavy atom. The molecular formula is C25H19Cl2N3O5S. The number of carboxylic acid groups (broad SMARTS) is 1. The molecule has 0 unspecified atom stereocenters. The Morgan fingerprint density at radius 3 is 2.31 bits per heavy atom. The zero-order valence-corrected chi connectivity index (χ0v) is 20.9. The third kappa shape index (κ3) is 5.59. The molecule has 0 aliphatic heterocycles. The molecule has 36 heavy (non-hydrogen) atoms. The number of pyridine rings is 1. The Hall–Kier alpha value is -3.66. The van der Waals surface area contributed by atoms with Gasteiger partial charge in [0.15, 0.2) is 0 Å². The number of rotatable bonds is 8. The van der Waals surface area contributed by atoms with E-state index in [2.05, 4.69) is 10.3 Å². The van der Waals surface area contributed by atoms with E-state index in [4.69, 9.17) is 23.2 Å². The van der Waals surface area contributed by atoms with Crippen molar-refractivity contribution in [3.63, 3.8) is 0 Å². The van der Waals surface area contributed by atoms with Crippen LogP contribution in [0.4, 0.5) is 5.69 Å². The highest BCUT2D eigenvalue weighted by molar-refractivity contribution is 7.92. The summed E-state index contributed by atoms with van der Waals surface area (Å²) in [6, 6.07) is 16.9. The Labute approximate surface area is 217 Å². The lowest BCUT2D eigenvalue weighted by Gasteiger charge is -2.23. The molecule has 2 N–H and O–H groups in total. The zero-order valence-electron chi connectivity index (χ0n) is 18.6. The van der Waals surface area contributed by atoms with Crippen molar-refractivity contribution in [1.29, 1.82) is 0 Å². The van der Waals surface area contributed by atoms with Crippen molar-refractivity contribution >= 4 is 61.6 Å². The molecule has 0 aliphatic rings. The van der Waals surface area contributed by atoms with E-state index in [9.17, 15) is 23.1 Å². The van der Waals surface area contributed by atoms with Gasteiger partial charge in [0.2, 0.25) is 0 Å². The van der Waals surface area contributed by atoms with E-state index in [0.717, 1.165) is 9.87 Å². The topological polar surface area (TPSA) is 117 Å². The highest BCUT2D eigenvalue weighted by Gasteiger charge is 2.28. The smallest absolute Gasteiger partial charge is 0.324 e. The number of fused-ring (bicyclic) bond motifs is 1. The maximum absolute atomic E-state index is 13.4. The summed E-state index contributed by atoms with van der Waals surface area (Å²) in [5.74, 6) is -1.66. The predicted molar refractivity (Wildman–Crippen MR) is 138 cm³/mol. The molecule has 8 nitrogen and oxygen atoms in total. The van der Waals surface area contributed by atoms with E-state index < -0.39 is 22.5 Å². The van der Waals surface area contributed by atoms with Gasteiger partial charge in [-0.2, -0.15) is 0 Å². The predicted octanol–water partition coefficient (Wildman–Crippen LogP) is 4.75. The van der Waals surface area contributed by atoms with Gasteiger partial charge in [0, 0.05) is 34.5 Å². The molecule has 0 saturated carbocycles. The Balaban J connectivity index is 1.70. The summed E-state index contributed by atoms with van der Waals surface area (Å²) in [5.41, 5.74) is 1.38. The molecular weight excluding hydrogens is 525 g/mol. The zero-order chi connectivity index (χ0) is 25.9. The molecule has 1 aromatic heterocycles. The standard InChI is InChI=1S/C25H19Cl2N3O5S/c26-18-11-19(27)13-21(12-18)36(34,35)30(15-24(31)32)20-4-5-22-17(10-20)2-1-3-23(22)25(33)29-14-16-6-8-28-9-7-16/h1-13H,14-15H2,(H,29,33)(H,31,32). The highest BCUT2D eigenvalue weighted by Crippen LogP contribution is 2.31. The van der Waals surface area contributed by atoms with Crippen molar-refractivity contribution in [3.8, 4) is 0 Å². The van der Waals surface area contributed by atoms with Gasteiger partial charge in [0.25, 0.3) is 15.9 Å². The maximum Gasteiger partial charge on any atom is 0.324 e. The summed E-state index contributed by atoms with van der Waals surface area (Å²) in [7, 11) is -4.33. The summed E-state index contributed by atoms with van der Waals surface area (Å²) in [5, 5.41) is 13.6. The van der Waals surface area contributed by atoms with E-state index in [1.165, 1.54) is 30.3 Å². The number of nitrogens with zero attached hydrogens (tertiary/aromatic N) is 2. The third-order valence-corrected chi connectivity index (χ3v) is 7.49. The van der Waals surface area contributed by atoms with Gasteiger partial charge >= 0.3 is 5.97 Å².